The molecule has 3 aromatic rings. The van der Waals surface area contributed by atoms with Gasteiger partial charge in [0.2, 0.25) is 5.91 Å². The number of esters is 2. The molecule has 10 nitrogen and oxygen atoms in total. The number of aryl methyl sites for hydroxylation is 2. The summed E-state index contributed by atoms with van der Waals surface area (Å²) in [5.74, 6) is -2.55. The monoisotopic (exact) mass is 733 g/mol. The Morgan fingerprint density at radius 2 is 1.47 bits per heavy atom. The Labute approximate surface area is 311 Å². The first-order valence-electron chi connectivity index (χ1n) is 18.4. The van der Waals surface area contributed by atoms with Crippen molar-refractivity contribution >= 4 is 23.5 Å². The average molecular weight is 734 g/mol. The molecule has 1 amide bonds. The highest BCUT2D eigenvalue weighted by atomic mass is 19.1. The molecule has 2 aliphatic rings. The first-order chi connectivity index (χ1) is 25.3. The second-order valence-electron chi connectivity index (χ2n) is 14.8. The first kappa shape index (κ1) is 40.0. The lowest BCUT2D eigenvalue weighted by Gasteiger charge is -2.48. The molecule has 0 unspecified atom stereocenters. The second kappa shape index (κ2) is 17.8. The number of amides is 1. The lowest BCUT2D eigenvalue weighted by Crippen LogP contribution is -2.55. The Bertz CT molecular complexity index is 1660. The number of carbonyl (C=O) groups is 3. The van der Waals surface area contributed by atoms with Gasteiger partial charge in [-0.25, -0.2) is 4.39 Å². The van der Waals surface area contributed by atoms with Crippen molar-refractivity contribution in [3.63, 3.8) is 0 Å². The Kier molecular flexibility index (Phi) is 13.4. The summed E-state index contributed by atoms with van der Waals surface area (Å²) in [5.41, 5.74) is 3.62. The molecule has 2 fully saturated rings. The van der Waals surface area contributed by atoms with Crippen LogP contribution in [0.4, 0.5) is 10.1 Å². The van der Waals surface area contributed by atoms with E-state index in [0.29, 0.717) is 31.2 Å². The molecule has 3 atom stereocenters. The van der Waals surface area contributed by atoms with Crippen LogP contribution in [0.15, 0.2) is 72.8 Å². The number of ether oxygens (including phenoxy) is 4. The topological polar surface area (TPSA) is 132 Å². The number of hydrogen-bond donors (Lipinski definition) is 2. The van der Waals surface area contributed by atoms with Gasteiger partial charge in [-0.2, -0.15) is 0 Å². The highest BCUT2D eigenvalue weighted by Gasteiger charge is 2.49. The zero-order valence-electron chi connectivity index (χ0n) is 31.1. The van der Waals surface area contributed by atoms with Gasteiger partial charge in [0.05, 0.1) is 25.2 Å². The van der Waals surface area contributed by atoms with Crippen LogP contribution in [-0.4, -0.2) is 65.9 Å². The van der Waals surface area contributed by atoms with Gasteiger partial charge in [0.25, 0.3) is 0 Å². The van der Waals surface area contributed by atoms with Crippen LogP contribution in [0.2, 0.25) is 0 Å². The molecular formula is C42H52FNO9. The van der Waals surface area contributed by atoms with Gasteiger partial charge in [-0.15, -0.1) is 0 Å². The van der Waals surface area contributed by atoms with Gasteiger partial charge in [-0.3, -0.25) is 14.4 Å². The highest BCUT2D eigenvalue weighted by Crippen LogP contribution is 2.47. The SMILES string of the molecule is CC(=O)O[C@@H](CC[C@H]1C(=O)N(c2ccc(CCCC(CO)CO)cc2)[C@@H]1c1ccc(CCC2(OC(C)=O)COC(C)(C)OC2)cc1)c1ccc(F)cc1. The molecule has 2 N–H and O–H groups in total. The molecule has 2 aliphatic heterocycles. The summed E-state index contributed by atoms with van der Waals surface area (Å²) in [7, 11) is 0. The Balaban J connectivity index is 1.34. The maximum absolute atomic E-state index is 13.9. The van der Waals surface area contributed by atoms with Crippen molar-refractivity contribution in [2.24, 2.45) is 11.8 Å². The maximum atomic E-state index is 13.9. The summed E-state index contributed by atoms with van der Waals surface area (Å²) in [6.07, 6.45) is 3.63. The fourth-order valence-corrected chi connectivity index (χ4v) is 7.17. The molecule has 3 aromatic carbocycles. The van der Waals surface area contributed by atoms with Crippen LogP contribution < -0.4 is 4.90 Å². The quantitative estimate of drug-likeness (QED) is 0.117. The minimum absolute atomic E-state index is 0.0372. The van der Waals surface area contributed by atoms with Crippen molar-refractivity contribution in [1.82, 2.24) is 0 Å². The van der Waals surface area contributed by atoms with E-state index in [1.54, 1.807) is 12.1 Å². The van der Waals surface area contributed by atoms with E-state index in [4.69, 9.17) is 18.9 Å². The third kappa shape index (κ3) is 10.5. The number of aliphatic hydroxyl groups is 2. The van der Waals surface area contributed by atoms with Crippen molar-refractivity contribution in [3.05, 3.63) is 101 Å². The van der Waals surface area contributed by atoms with Gasteiger partial charge in [0.15, 0.2) is 11.4 Å². The minimum Gasteiger partial charge on any atom is -0.458 e. The van der Waals surface area contributed by atoms with Crippen LogP contribution in [0, 0.1) is 17.7 Å². The number of halogens is 1. The van der Waals surface area contributed by atoms with Gasteiger partial charge in [-0.05, 0) is 105 Å². The molecule has 0 aliphatic carbocycles. The molecule has 0 bridgehead atoms. The third-order valence-electron chi connectivity index (χ3n) is 10.2. The fraction of sp³-hybridized carbons (Fsp3) is 0.500. The zero-order chi connectivity index (χ0) is 38.2. The predicted octanol–water partition coefficient (Wildman–Crippen LogP) is 6.56. The average Bonchev–Trinajstić information content (AvgIpc) is 3.13. The first-order valence-corrected chi connectivity index (χ1v) is 18.4. The summed E-state index contributed by atoms with van der Waals surface area (Å²) < 4.78 is 36.8. The van der Waals surface area contributed by atoms with E-state index < -0.39 is 29.4 Å². The molecule has 0 spiro atoms. The summed E-state index contributed by atoms with van der Waals surface area (Å²) >= 11 is 0. The van der Waals surface area contributed by atoms with Crippen molar-refractivity contribution in [1.29, 1.82) is 0 Å². The summed E-state index contributed by atoms with van der Waals surface area (Å²) in [6, 6.07) is 21.6. The Morgan fingerprint density at radius 1 is 0.868 bits per heavy atom. The molecular weight excluding hydrogens is 681 g/mol. The van der Waals surface area contributed by atoms with Crippen molar-refractivity contribution in [2.45, 2.75) is 96.2 Å². The minimum atomic E-state index is -0.892. The summed E-state index contributed by atoms with van der Waals surface area (Å²) in [5, 5.41) is 18.8. The van der Waals surface area contributed by atoms with Crippen LogP contribution in [0.5, 0.6) is 0 Å². The number of rotatable bonds is 17. The molecule has 0 aromatic heterocycles. The van der Waals surface area contributed by atoms with Crippen molar-refractivity contribution in [2.75, 3.05) is 31.3 Å². The Morgan fingerprint density at radius 3 is 2.06 bits per heavy atom. The van der Waals surface area contributed by atoms with Crippen LogP contribution in [-0.2, 0) is 46.2 Å². The molecule has 5 rings (SSSR count). The molecule has 286 valence electrons. The number of hydrogen-bond acceptors (Lipinski definition) is 9. The normalized spacial score (nSPS) is 19.8. The zero-order valence-corrected chi connectivity index (χ0v) is 31.1. The number of nitrogens with zero attached hydrogens (tertiary/aromatic N) is 1. The van der Waals surface area contributed by atoms with Gasteiger partial charge in [0, 0.05) is 38.7 Å². The standard InChI is InChI=1S/C42H52FNO9/c1-28(47)52-38(33-14-16-35(43)17-15-33)21-20-37-39(44(40(37)49)36-18-10-30(11-19-36)6-5-7-32(24-45)25-46)34-12-8-31(9-13-34)22-23-42(53-29(2)48)26-50-41(3,4)51-27-42/h8-19,32,37-39,45-46H,5-7,20-27H2,1-4H3/t37-,38+,39-/m1/s1. The second-order valence-corrected chi connectivity index (χ2v) is 14.8. The van der Waals surface area contributed by atoms with Gasteiger partial charge in [-0.1, -0.05) is 48.5 Å². The van der Waals surface area contributed by atoms with E-state index in [0.717, 1.165) is 41.6 Å². The van der Waals surface area contributed by atoms with Crippen LogP contribution in [0.1, 0.15) is 94.2 Å². The van der Waals surface area contributed by atoms with E-state index in [-0.39, 0.29) is 56.0 Å². The van der Waals surface area contributed by atoms with Crippen LogP contribution in [0.3, 0.4) is 0 Å². The Hall–Kier alpha value is -4.16. The number of anilines is 1. The smallest absolute Gasteiger partial charge is 0.303 e. The number of aliphatic hydroxyl groups excluding tert-OH is 2. The lowest BCUT2D eigenvalue weighted by molar-refractivity contribution is -0.305. The number of benzene rings is 3. The summed E-state index contributed by atoms with van der Waals surface area (Å²) in [4.78, 5) is 39.7. The summed E-state index contributed by atoms with van der Waals surface area (Å²) in [6.45, 7) is 6.75. The highest BCUT2D eigenvalue weighted by molar-refractivity contribution is 6.03. The largest absolute Gasteiger partial charge is 0.458 e. The molecule has 0 radical (unpaired) electrons. The van der Waals surface area contributed by atoms with Crippen molar-refractivity contribution < 1.29 is 47.9 Å². The maximum Gasteiger partial charge on any atom is 0.303 e. The van der Waals surface area contributed by atoms with E-state index in [1.807, 2.05) is 67.3 Å². The van der Waals surface area contributed by atoms with Crippen LogP contribution in [0.25, 0.3) is 0 Å². The van der Waals surface area contributed by atoms with Crippen molar-refractivity contribution in [3.8, 4) is 0 Å². The molecule has 53 heavy (non-hydrogen) atoms. The molecule has 11 heteroatoms. The fourth-order valence-electron chi connectivity index (χ4n) is 7.17. The lowest BCUT2D eigenvalue weighted by atomic mass is 9.78. The van der Waals surface area contributed by atoms with E-state index in [2.05, 4.69) is 0 Å². The van der Waals surface area contributed by atoms with Gasteiger partial charge in [0.1, 0.15) is 11.9 Å². The molecule has 2 heterocycles. The predicted molar refractivity (Wildman–Crippen MR) is 196 cm³/mol. The van der Waals surface area contributed by atoms with E-state index in [9.17, 15) is 29.0 Å². The van der Waals surface area contributed by atoms with E-state index >= 15 is 0 Å². The third-order valence-corrected chi connectivity index (χ3v) is 10.2. The van der Waals surface area contributed by atoms with Crippen LogP contribution >= 0.6 is 0 Å². The molecule has 0 saturated carbocycles. The van der Waals surface area contributed by atoms with Gasteiger partial charge < -0.3 is 34.1 Å². The number of β-lactam (4-membered cyclic amide) rings is 1. The van der Waals surface area contributed by atoms with E-state index in [1.165, 1.54) is 26.0 Å². The molecule has 2 saturated heterocycles. The number of carbonyl (C=O) groups excluding carboxylic acids is 3. The van der Waals surface area contributed by atoms with Gasteiger partial charge >= 0.3 is 11.9 Å².